The van der Waals surface area contributed by atoms with E-state index in [0.29, 0.717) is 12.2 Å². The van der Waals surface area contributed by atoms with Crippen LogP contribution >= 0.6 is 11.6 Å². The van der Waals surface area contributed by atoms with Gasteiger partial charge in [-0.15, -0.1) is 0 Å². The van der Waals surface area contributed by atoms with Crippen LogP contribution in [-0.4, -0.2) is 21.0 Å². The zero-order valence-electron chi connectivity index (χ0n) is 10.3. The number of hydrogen-bond donors (Lipinski definition) is 1. The predicted octanol–water partition coefficient (Wildman–Crippen LogP) is 1.95. The second-order valence-corrected chi connectivity index (χ2v) is 5.58. The molecular weight excluding hydrogens is 290 g/mol. The van der Waals surface area contributed by atoms with Crippen LogP contribution in [0, 0.1) is 0 Å². The Bertz CT molecular complexity index is 596. The molecule has 0 aromatic heterocycles. The van der Waals surface area contributed by atoms with E-state index in [9.17, 15) is 13.2 Å². The number of nitrogens with two attached hydrogens (primary N) is 1. The molecule has 0 saturated heterocycles. The molecule has 19 heavy (non-hydrogen) atoms. The van der Waals surface area contributed by atoms with Gasteiger partial charge in [-0.1, -0.05) is 29.8 Å². The number of sulfonamides is 1. The van der Waals surface area contributed by atoms with Crippen LogP contribution in [0.1, 0.15) is 18.9 Å². The van der Waals surface area contributed by atoms with Gasteiger partial charge >= 0.3 is 5.97 Å². The summed E-state index contributed by atoms with van der Waals surface area (Å²) in [4.78, 5) is 11.0. The van der Waals surface area contributed by atoms with E-state index in [4.69, 9.17) is 21.5 Å². The third-order valence-corrected chi connectivity index (χ3v) is 3.56. The van der Waals surface area contributed by atoms with Gasteiger partial charge in [0.2, 0.25) is 10.0 Å². The average molecular weight is 304 g/mol. The predicted molar refractivity (Wildman–Crippen MR) is 73.1 cm³/mol. The molecule has 5 nitrogen and oxygen atoms in total. The quantitative estimate of drug-likeness (QED) is 0.842. The van der Waals surface area contributed by atoms with E-state index in [1.807, 2.05) is 0 Å². The Labute approximate surface area is 117 Å². The zero-order valence-corrected chi connectivity index (χ0v) is 11.9. The van der Waals surface area contributed by atoms with Crippen molar-refractivity contribution in [3.63, 3.8) is 0 Å². The standard InChI is InChI=1S/C12H14ClNO4S/c1-2-18-12(15)5-3-4-9-6-7-11(10(13)8-9)19(14,16)17/h3-4,6-8H,2,5H2,1H3,(H2,14,16,17). The maximum atomic E-state index is 11.2. The van der Waals surface area contributed by atoms with Crippen molar-refractivity contribution in [3.8, 4) is 0 Å². The summed E-state index contributed by atoms with van der Waals surface area (Å²) in [6.07, 6.45) is 3.40. The van der Waals surface area contributed by atoms with Crippen LogP contribution in [0.5, 0.6) is 0 Å². The number of esters is 1. The zero-order chi connectivity index (χ0) is 14.5. The Morgan fingerprint density at radius 2 is 2.16 bits per heavy atom. The molecule has 0 amide bonds. The van der Waals surface area contributed by atoms with Crippen molar-refractivity contribution in [2.75, 3.05) is 6.61 Å². The Hall–Kier alpha value is -1.37. The summed E-state index contributed by atoms with van der Waals surface area (Å²) in [5, 5.41) is 5.03. The number of benzene rings is 1. The summed E-state index contributed by atoms with van der Waals surface area (Å²) >= 11 is 5.82. The maximum Gasteiger partial charge on any atom is 0.309 e. The van der Waals surface area contributed by atoms with Gasteiger partial charge in [0.15, 0.2) is 0 Å². The second kappa shape index (κ2) is 6.70. The minimum Gasteiger partial charge on any atom is -0.466 e. The fourth-order valence-electron chi connectivity index (χ4n) is 1.36. The second-order valence-electron chi connectivity index (χ2n) is 3.65. The van der Waals surface area contributed by atoms with Crippen LogP contribution in [0.15, 0.2) is 29.2 Å². The molecule has 0 bridgehead atoms. The van der Waals surface area contributed by atoms with Crippen LogP contribution in [0.3, 0.4) is 0 Å². The molecule has 0 saturated carbocycles. The molecule has 0 atom stereocenters. The first-order valence-corrected chi connectivity index (χ1v) is 7.41. The van der Waals surface area contributed by atoms with Crippen LogP contribution in [0.2, 0.25) is 5.02 Å². The molecule has 0 fully saturated rings. The van der Waals surface area contributed by atoms with Crippen LogP contribution in [0.4, 0.5) is 0 Å². The summed E-state index contributed by atoms with van der Waals surface area (Å²) < 4.78 is 27.1. The summed E-state index contributed by atoms with van der Waals surface area (Å²) in [5.74, 6) is -0.328. The molecule has 7 heteroatoms. The molecule has 1 aromatic carbocycles. The Kier molecular flexibility index (Phi) is 5.53. The molecule has 0 aliphatic rings. The minimum absolute atomic E-state index is 0.0424. The highest BCUT2D eigenvalue weighted by Crippen LogP contribution is 2.22. The molecule has 104 valence electrons. The van der Waals surface area contributed by atoms with Gasteiger partial charge < -0.3 is 4.74 Å². The average Bonchev–Trinajstić information content (AvgIpc) is 2.27. The van der Waals surface area contributed by atoms with Gasteiger partial charge in [-0.2, -0.15) is 0 Å². The normalized spacial score (nSPS) is 11.7. The van der Waals surface area contributed by atoms with Gasteiger partial charge in [0, 0.05) is 0 Å². The number of rotatable bonds is 5. The van der Waals surface area contributed by atoms with Crippen molar-refractivity contribution < 1.29 is 17.9 Å². The van der Waals surface area contributed by atoms with E-state index in [1.54, 1.807) is 25.1 Å². The molecular formula is C12H14ClNO4S. The molecule has 0 spiro atoms. The van der Waals surface area contributed by atoms with Crippen molar-refractivity contribution in [2.45, 2.75) is 18.2 Å². The highest BCUT2D eigenvalue weighted by atomic mass is 35.5. The van der Waals surface area contributed by atoms with E-state index in [-0.39, 0.29) is 22.3 Å². The lowest BCUT2D eigenvalue weighted by atomic mass is 10.2. The van der Waals surface area contributed by atoms with Crippen molar-refractivity contribution in [1.29, 1.82) is 0 Å². The molecule has 0 aliphatic carbocycles. The third-order valence-electron chi connectivity index (χ3n) is 2.16. The highest BCUT2D eigenvalue weighted by molar-refractivity contribution is 7.89. The Morgan fingerprint density at radius 1 is 1.47 bits per heavy atom. The number of hydrogen-bond acceptors (Lipinski definition) is 4. The van der Waals surface area contributed by atoms with Crippen molar-refractivity contribution in [1.82, 2.24) is 0 Å². The SMILES string of the molecule is CCOC(=O)CC=Cc1ccc(S(N)(=O)=O)c(Cl)c1. The largest absolute Gasteiger partial charge is 0.466 e. The van der Waals surface area contributed by atoms with Gasteiger partial charge in [0.25, 0.3) is 0 Å². The van der Waals surface area contributed by atoms with E-state index < -0.39 is 10.0 Å². The van der Waals surface area contributed by atoms with Crippen LogP contribution in [-0.2, 0) is 19.6 Å². The Balaban J connectivity index is 2.80. The lowest BCUT2D eigenvalue weighted by Gasteiger charge is -2.02. The first-order valence-electron chi connectivity index (χ1n) is 5.49. The maximum absolute atomic E-state index is 11.2. The lowest BCUT2D eigenvalue weighted by molar-refractivity contribution is -0.142. The summed E-state index contributed by atoms with van der Waals surface area (Å²) in [7, 11) is -3.82. The van der Waals surface area contributed by atoms with E-state index in [2.05, 4.69) is 0 Å². The molecule has 0 radical (unpaired) electrons. The topological polar surface area (TPSA) is 86.5 Å². The fourth-order valence-corrected chi connectivity index (χ4v) is 2.46. The van der Waals surface area contributed by atoms with Gasteiger partial charge in [-0.25, -0.2) is 13.6 Å². The fraction of sp³-hybridized carbons (Fsp3) is 0.250. The number of carbonyl (C=O) groups is 1. The summed E-state index contributed by atoms with van der Waals surface area (Å²) in [6.45, 7) is 2.06. The van der Waals surface area contributed by atoms with Crippen molar-refractivity contribution >= 4 is 33.7 Å². The lowest BCUT2D eigenvalue weighted by Crippen LogP contribution is -2.12. The van der Waals surface area contributed by atoms with Gasteiger partial charge in [-0.3, -0.25) is 4.79 Å². The minimum atomic E-state index is -3.82. The highest BCUT2D eigenvalue weighted by Gasteiger charge is 2.12. The molecule has 0 heterocycles. The van der Waals surface area contributed by atoms with E-state index in [1.165, 1.54) is 12.1 Å². The number of ether oxygens (including phenoxy) is 1. The number of primary sulfonamides is 1. The molecule has 1 rings (SSSR count). The first-order chi connectivity index (χ1) is 8.84. The first kappa shape index (κ1) is 15.7. The van der Waals surface area contributed by atoms with Gasteiger partial charge in [0.1, 0.15) is 4.90 Å². The van der Waals surface area contributed by atoms with E-state index >= 15 is 0 Å². The van der Waals surface area contributed by atoms with Crippen LogP contribution < -0.4 is 5.14 Å². The molecule has 2 N–H and O–H groups in total. The third kappa shape index (κ3) is 5.02. The molecule has 1 aromatic rings. The van der Waals surface area contributed by atoms with Gasteiger partial charge in [-0.05, 0) is 24.6 Å². The number of halogens is 1. The smallest absolute Gasteiger partial charge is 0.309 e. The monoisotopic (exact) mass is 303 g/mol. The van der Waals surface area contributed by atoms with Gasteiger partial charge in [0.05, 0.1) is 18.1 Å². The number of carbonyl (C=O) groups excluding carboxylic acids is 1. The van der Waals surface area contributed by atoms with E-state index in [0.717, 1.165) is 0 Å². The molecule has 0 aliphatic heterocycles. The van der Waals surface area contributed by atoms with Crippen LogP contribution in [0.25, 0.3) is 6.08 Å². The molecule has 0 unspecified atom stereocenters. The van der Waals surface area contributed by atoms with Crippen molar-refractivity contribution in [2.24, 2.45) is 5.14 Å². The van der Waals surface area contributed by atoms with Crippen molar-refractivity contribution in [3.05, 3.63) is 34.9 Å². The Morgan fingerprint density at radius 3 is 2.68 bits per heavy atom. The summed E-state index contributed by atoms with van der Waals surface area (Å²) in [6, 6.07) is 4.33. The summed E-state index contributed by atoms with van der Waals surface area (Å²) in [5.41, 5.74) is 0.668.